The van der Waals surface area contributed by atoms with Gasteiger partial charge in [0, 0.05) is 42.5 Å². The first kappa shape index (κ1) is 21.1. The summed E-state index contributed by atoms with van der Waals surface area (Å²) in [4.78, 5) is 18.9. The third-order valence-electron chi connectivity index (χ3n) is 5.03. The first-order valence-corrected chi connectivity index (χ1v) is 10.5. The second-order valence-electron chi connectivity index (χ2n) is 7.16. The average Bonchev–Trinajstić information content (AvgIpc) is 3.28. The van der Waals surface area contributed by atoms with Gasteiger partial charge in [0.2, 0.25) is 0 Å². The Morgan fingerprint density at radius 1 is 1.35 bits per heavy atom. The molecule has 2 aromatic heterocycles. The van der Waals surface area contributed by atoms with Crippen molar-refractivity contribution in [2.45, 2.75) is 12.5 Å². The van der Waals surface area contributed by atoms with E-state index in [9.17, 15) is 4.79 Å². The topological polar surface area (TPSA) is 92.4 Å². The summed E-state index contributed by atoms with van der Waals surface area (Å²) in [5.74, 6) is 1.35. The Kier molecular flexibility index (Phi) is 6.69. The summed E-state index contributed by atoms with van der Waals surface area (Å²) in [5, 5.41) is 11.0. The molecule has 0 spiro atoms. The van der Waals surface area contributed by atoms with Crippen molar-refractivity contribution in [1.82, 2.24) is 20.1 Å². The summed E-state index contributed by atoms with van der Waals surface area (Å²) < 4.78 is 11.6. The van der Waals surface area contributed by atoms with Gasteiger partial charge in [-0.1, -0.05) is 17.7 Å². The van der Waals surface area contributed by atoms with E-state index in [1.54, 1.807) is 36.3 Å². The molecule has 0 saturated carbocycles. The number of anilines is 1. The van der Waals surface area contributed by atoms with E-state index in [1.807, 2.05) is 24.3 Å². The van der Waals surface area contributed by atoms with Crippen molar-refractivity contribution in [1.29, 1.82) is 0 Å². The highest BCUT2D eigenvalue weighted by Gasteiger charge is 2.28. The van der Waals surface area contributed by atoms with Crippen LogP contribution in [0.4, 0.5) is 5.82 Å². The zero-order valence-corrected chi connectivity index (χ0v) is 17.9. The fourth-order valence-corrected chi connectivity index (χ4v) is 3.58. The molecule has 1 atom stereocenters. The minimum atomic E-state index is -0.276. The molecular weight excluding hydrogens is 418 g/mol. The molecule has 1 amide bonds. The molecule has 9 heteroatoms. The van der Waals surface area contributed by atoms with Gasteiger partial charge in [0.05, 0.1) is 25.5 Å². The van der Waals surface area contributed by atoms with Crippen LogP contribution in [0.5, 0.6) is 5.75 Å². The van der Waals surface area contributed by atoms with E-state index >= 15 is 0 Å². The quantitative estimate of drug-likeness (QED) is 0.584. The lowest BCUT2D eigenvalue weighted by Gasteiger charge is -2.32. The number of halogens is 1. The SMILES string of the molecule is CNc1cc(C(=O)N2CCO[C@H](c3cc(CCOc4cccc(Cl)c4)[nH]n3)C2)ccn1. The molecule has 4 rings (SSSR count). The third kappa shape index (κ3) is 5.34. The van der Waals surface area contributed by atoms with Crippen LogP contribution in [-0.4, -0.2) is 59.3 Å². The maximum absolute atomic E-state index is 12.9. The van der Waals surface area contributed by atoms with Gasteiger partial charge in [-0.15, -0.1) is 0 Å². The van der Waals surface area contributed by atoms with E-state index in [2.05, 4.69) is 20.5 Å². The molecular formula is C22H24ClN5O3. The Hall–Kier alpha value is -3.10. The number of aromatic amines is 1. The van der Waals surface area contributed by atoms with E-state index in [1.165, 1.54) is 0 Å². The fourth-order valence-electron chi connectivity index (χ4n) is 3.40. The van der Waals surface area contributed by atoms with Crippen molar-refractivity contribution in [2.24, 2.45) is 0 Å². The number of amides is 1. The van der Waals surface area contributed by atoms with Crippen LogP contribution < -0.4 is 10.1 Å². The monoisotopic (exact) mass is 441 g/mol. The van der Waals surface area contributed by atoms with Crippen LogP contribution in [0.25, 0.3) is 0 Å². The number of ether oxygens (including phenoxy) is 2. The number of benzene rings is 1. The molecule has 1 aliphatic heterocycles. The molecule has 0 unspecified atom stereocenters. The summed E-state index contributed by atoms with van der Waals surface area (Å²) >= 11 is 5.97. The molecule has 1 fully saturated rings. The van der Waals surface area contributed by atoms with Crippen LogP contribution in [0.15, 0.2) is 48.7 Å². The molecule has 0 radical (unpaired) electrons. The number of rotatable bonds is 7. The predicted molar refractivity (Wildman–Crippen MR) is 118 cm³/mol. The maximum atomic E-state index is 12.9. The number of morpholine rings is 1. The lowest BCUT2D eigenvalue weighted by atomic mass is 10.1. The van der Waals surface area contributed by atoms with Gasteiger partial charge in [0.15, 0.2) is 0 Å². The van der Waals surface area contributed by atoms with Crippen molar-refractivity contribution >= 4 is 23.3 Å². The number of carbonyl (C=O) groups excluding carboxylic acids is 1. The first-order valence-electron chi connectivity index (χ1n) is 10.1. The summed E-state index contributed by atoms with van der Waals surface area (Å²) in [6.45, 7) is 1.94. The Balaban J connectivity index is 1.34. The zero-order valence-electron chi connectivity index (χ0n) is 17.2. The zero-order chi connectivity index (χ0) is 21.6. The van der Waals surface area contributed by atoms with Crippen LogP contribution in [0.2, 0.25) is 5.02 Å². The van der Waals surface area contributed by atoms with Crippen LogP contribution >= 0.6 is 11.6 Å². The Bertz CT molecular complexity index is 1040. The number of nitrogens with zero attached hydrogens (tertiary/aromatic N) is 3. The Morgan fingerprint density at radius 2 is 2.26 bits per heavy atom. The molecule has 1 aliphatic rings. The number of hydrogen-bond acceptors (Lipinski definition) is 6. The summed E-state index contributed by atoms with van der Waals surface area (Å²) in [7, 11) is 1.77. The van der Waals surface area contributed by atoms with Crippen LogP contribution in [-0.2, 0) is 11.2 Å². The maximum Gasteiger partial charge on any atom is 0.254 e. The lowest BCUT2D eigenvalue weighted by molar-refractivity contribution is -0.0247. The van der Waals surface area contributed by atoms with E-state index < -0.39 is 0 Å². The molecule has 3 aromatic rings. The summed E-state index contributed by atoms with van der Waals surface area (Å²) in [6.07, 6.45) is 2.02. The smallest absolute Gasteiger partial charge is 0.254 e. The van der Waals surface area contributed by atoms with Gasteiger partial charge in [-0.2, -0.15) is 5.10 Å². The van der Waals surface area contributed by atoms with Gasteiger partial charge in [0.1, 0.15) is 17.7 Å². The summed E-state index contributed by atoms with van der Waals surface area (Å²) in [6, 6.07) is 12.7. The first-order chi connectivity index (χ1) is 15.1. The molecule has 1 saturated heterocycles. The van der Waals surface area contributed by atoms with Crippen molar-refractivity contribution < 1.29 is 14.3 Å². The number of aromatic nitrogens is 3. The van der Waals surface area contributed by atoms with Crippen molar-refractivity contribution in [3.05, 3.63) is 70.6 Å². The highest BCUT2D eigenvalue weighted by Crippen LogP contribution is 2.23. The number of carbonyl (C=O) groups is 1. The molecule has 2 N–H and O–H groups in total. The molecule has 162 valence electrons. The second kappa shape index (κ2) is 9.80. The minimum Gasteiger partial charge on any atom is -0.493 e. The van der Waals surface area contributed by atoms with Gasteiger partial charge < -0.3 is 19.7 Å². The minimum absolute atomic E-state index is 0.0436. The van der Waals surface area contributed by atoms with E-state index in [-0.39, 0.29) is 12.0 Å². The van der Waals surface area contributed by atoms with Crippen molar-refractivity contribution in [3.63, 3.8) is 0 Å². The van der Waals surface area contributed by atoms with Crippen LogP contribution in [0.3, 0.4) is 0 Å². The highest BCUT2D eigenvalue weighted by atomic mass is 35.5. The van der Waals surface area contributed by atoms with Crippen LogP contribution in [0, 0.1) is 0 Å². The van der Waals surface area contributed by atoms with Gasteiger partial charge in [-0.3, -0.25) is 9.89 Å². The lowest BCUT2D eigenvalue weighted by Crippen LogP contribution is -2.42. The van der Waals surface area contributed by atoms with Crippen molar-refractivity contribution in [3.8, 4) is 5.75 Å². The average molecular weight is 442 g/mol. The molecule has 3 heterocycles. The highest BCUT2D eigenvalue weighted by molar-refractivity contribution is 6.30. The molecule has 0 bridgehead atoms. The Morgan fingerprint density at radius 3 is 3.10 bits per heavy atom. The second-order valence-corrected chi connectivity index (χ2v) is 7.60. The van der Waals surface area contributed by atoms with E-state index in [0.717, 1.165) is 17.1 Å². The number of pyridine rings is 1. The molecule has 8 nitrogen and oxygen atoms in total. The van der Waals surface area contributed by atoms with E-state index in [4.69, 9.17) is 21.1 Å². The molecule has 1 aromatic carbocycles. The fraction of sp³-hybridized carbons (Fsp3) is 0.318. The van der Waals surface area contributed by atoms with Gasteiger partial charge >= 0.3 is 0 Å². The number of hydrogen-bond donors (Lipinski definition) is 2. The Labute approximate surface area is 185 Å². The normalized spacial score (nSPS) is 16.2. The summed E-state index contributed by atoms with van der Waals surface area (Å²) in [5.41, 5.74) is 2.32. The third-order valence-corrected chi connectivity index (χ3v) is 5.27. The largest absolute Gasteiger partial charge is 0.493 e. The number of H-pyrrole nitrogens is 1. The van der Waals surface area contributed by atoms with Crippen LogP contribution in [0.1, 0.15) is 27.8 Å². The van der Waals surface area contributed by atoms with Crippen molar-refractivity contribution in [2.75, 3.05) is 38.7 Å². The van der Waals surface area contributed by atoms with Gasteiger partial charge in [-0.25, -0.2) is 4.98 Å². The van der Waals surface area contributed by atoms with E-state index in [0.29, 0.717) is 49.1 Å². The standard InChI is InChI=1S/C22H24ClN5O3/c1-24-21-11-15(5-7-25-21)22(29)28-8-10-31-20(14-28)19-13-17(26-27-19)6-9-30-18-4-2-3-16(23)12-18/h2-5,7,11-13,20H,6,8-10,14H2,1H3,(H,24,25)(H,26,27)/t20-/m0/s1. The number of nitrogens with one attached hydrogen (secondary N) is 2. The molecule has 0 aliphatic carbocycles. The van der Waals surface area contributed by atoms with Gasteiger partial charge in [0.25, 0.3) is 5.91 Å². The predicted octanol–water partition coefficient (Wildman–Crippen LogP) is 3.34. The van der Waals surface area contributed by atoms with Gasteiger partial charge in [-0.05, 0) is 36.4 Å². The molecule has 31 heavy (non-hydrogen) atoms.